The Morgan fingerprint density at radius 2 is 1.71 bits per heavy atom. The fourth-order valence-corrected chi connectivity index (χ4v) is 2.46. The molecule has 0 spiro atoms. The van der Waals surface area contributed by atoms with E-state index in [2.05, 4.69) is 52.2 Å². The van der Waals surface area contributed by atoms with Crippen LogP contribution in [0.5, 0.6) is 0 Å². The molecule has 0 aliphatic heterocycles. The molecule has 100 valence electrons. The minimum Gasteiger partial charge on any atom is -0.355 e. The number of carbonyl (C=O) groups is 1. The van der Waals surface area contributed by atoms with Gasteiger partial charge in [-0.05, 0) is 23.2 Å². The fourth-order valence-electron chi connectivity index (χ4n) is 2.46. The average molecular weight is 240 g/mol. The topological polar surface area (TPSA) is 41.1 Å². The maximum atomic E-state index is 11.6. The van der Waals surface area contributed by atoms with Gasteiger partial charge in [0.05, 0.1) is 6.54 Å². The Hall–Kier alpha value is -0.570. The second kappa shape index (κ2) is 4.97. The Balaban J connectivity index is 2.18. The Bertz CT molecular complexity index is 268. The van der Waals surface area contributed by atoms with Crippen molar-refractivity contribution in [2.45, 2.75) is 54.0 Å². The lowest BCUT2D eigenvalue weighted by Gasteiger charge is -2.09. The highest BCUT2D eigenvalue weighted by atomic mass is 16.1. The van der Waals surface area contributed by atoms with Crippen LogP contribution in [0.25, 0.3) is 0 Å². The Labute approximate surface area is 106 Å². The van der Waals surface area contributed by atoms with Crippen molar-refractivity contribution in [1.82, 2.24) is 10.6 Å². The van der Waals surface area contributed by atoms with Crippen LogP contribution in [-0.4, -0.2) is 25.0 Å². The van der Waals surface area contributed by atoms with Crippen LogP contribution in [-0.2, 0) is 4.79 Å². The third kappa shape index (κ3) is 3.21. The first-order valence-corrected chi connectivity index (χ1v) is 6.69. The van der Waals surface area contributed by atoms with E-state index in [0.717, 1.165) is 13.0 Å². The van der Waals surface area contributed by atoms with Gasteiger partial charge in [0.25, 0.3) is 0 Å². The zero-order valence-corrected chi connectivity index (χ0v) is 12.2. The molecule has 0 aromatic rings. The van der Waals surface area contributed by atoms with E-state index < -0.39 is 0 Å². The molecule has 0 aromatic carbocycles. The van der Waals surface area contributed by atoms with E-state index in [-0.39, 0.29) is 5.91 Å². The molecule has 0 atom stereocenters. The largest absolute Gasteiger partial charge is 0.355 e. The summed E-state index contributed by atoms with van der Waals surface area (Å²) in [5.74, 6) is 0.758. The van der Waals surface area contributed by atoms with Crippen LogP contribution in [0.3, 0.4) is 0 Å². The normalized spacial score (nSPS) is 21.6. The monoisotopic (exact) mass is 240 g/mol. The number of rotatable bonds is 6. The number of hydrogen-bond donors (Lipinski definition) is 2. The zero-order chi connectivity index (χ0) is 13.3. The maximum Gasteiger partial charge on any atom is 0.233 e. The summed E-state index contributed by atoms with van der Waals surface area (Å²) < 4.78 is 0. The third-order valence-electron chi connectivity index (χ3n) is 4.53. The van der Waals surface area contributed by atoms with Gasteiger partial charge in [0.1, 0.15) is 0 Å². The molecule has 1 saturated carbocycles. The van der Waals surface area contributed by atoms with E-state index in [1.54, 1.807) is 0 Å². The highest BCUT2D eigenvalue weighted by molar-refractivity contribution is 5.78. The SMILES string of the molecule is CC(C)CCNC(=O)CNC1C(C)(C)C1(C)C. The zero-order valence-electron chi connectivity index (χ0n) is 12.2. The van der Waals surface area contributed by atoms with Gasteiger partial charge in [0.15, 0.2) is 0 Å². The van der Waals surface area contributed by atoms with Gasteiger partial charge in [-0.2, -0.15) is 0 Å². The Kier molecular flexibility index (Phi) is 4.23. The van der Waals surface area contributed by atoms with E-state index in [1.807, 2.05) is 0 Å². The van der Waals surface area contributed by atoms with Crippen molar-refractivity contribution < 1.29 is 4.79 Å². The first-order chi connectivity index (χ1) is 7.69. The molecule has 0 bridgehead atoms. The van der Waals surface area contributed by atoms with Gasteiger partial charge in [-0.1, -0.05) is 41.5 Å². The van der Waals surface area contributed by atoms with Crippen molar-refractivity contribution in [2.24, 2.45) is 16.7 Å². The number of hydrogen-bond acceptors (Lipinski definition) is 2. The summed E-state index contributed by atoms with van der Waals surface area (Å²) >= 11 is 0. The molecule has 2 N–H and O–H groups in total. The second-order valence-electron chi connectivity index (χ2n) is 6.79. The Morgan fingerprint density at radius 3 is 2.12 bits per heavy atom. The number of amides is 1. The van der Waals surface area contributed by atoms with E-state index in [0.29, 0.717) is 29.3 Å². The van der Waals surface area contributed by atoms with Crippen LogP contribution in [0.1, 0.15) is 48.0 Å². The molecular formula is C14H28N2O. The lowest BCUT2D eigenvalue weighted by molar-refractivity contribution is -0.120. The van der Waals surface area contributed by atoms with Crippen LogP contribution >= 0.6 is 0 Å². The molecule has 0 radical (unpaired) electrons. The molecule has 0 unspecified atom stereocenters. The first kappa shape index (κ1) is 14.5. The molecular weight excluding hydrogens is 212 g/mol. The predicted octanol–water partition coefficient (Wildman–Crippen LogP) is 2.17. The summed E-state index contributed by atoms with van der Waals surface area (Å²) in [5, 5.41) is 6.31. The van der Waals surface area contributed by atoms with Crippen molar-refractivity contribution in [3.63, 3.8) is 0 Å². The minimum absolute atomic E-state index is 0.115. The van der Waals surface area contributed by atoms with Gasteiger partial charge < -0.3 is 10.6 Å². The highest BCUT2D eigenvalue weighted by Gasteiger charge is 2.64. The van der Waals surface area contributed by atoms with E-state index >= 15 is 0 Å². The summed E-state index contributed by atoms with van der Waals surface area (Å²) in [6.45, 7) is 14.6. The van der Waals surface area contributed by atoms with Gasteiger partial charge in [0.2, 0.25) is 5.91 Å². The van der Waals surface area contributed by atoms with Gasteiger partial charge >= 0.3 is 0 Å². The molecule has 3 nitrogen and oxygen atoms in total. The summed E-state index contributed by atoms with van der Waals surface area (Å²) in [7, 11) is 0. The molecule has 1 amide bonds. The van der Waals surface area contributed by atoms with Gasteiger partial charge in [-0.3, -0.25) is 4.79 Å². The molecule has 0 saturated heterocycles. The first-order valence-electron chi connectivity index (χ1n) is 6.69. The van der Waals surface area contributed by atoms with Crippen LogP contribution in [0.2, 0.25) is 0 Å². The number of nitrogens with one attached hydrogen (secondary N) is 2. The van der Waals surface area contributed by atoms with Gasteiger partial charge in [-0.15, -0.1) is 0 Å². The van der Waals surface area contributed by atoms with Crippen LogP contribution in [0.15, 0.2) is 0 Å². The van der Waals surface area contributed by atoms with Crippen LogP contribution < -0.4 is 10.6 Å². The summed E-state index contributed by atoms with van der Waals surface area (Å²) in [4.78, 5) is 11.6. The summed E-state index contributed by atoms with van der Waals surface area (Å²) in [6, 6.07) is 0.450. The summed E-state index contributed by atoms with van der Waals surface area (Å²) in [5.41, 5.74) is 0.594. The van der Waals surface area contributed by atoms with E-state index in [1.165, 1.54) is 0 Å². The van der Waals surface area contributed by atoms with Crippen molar-refractivity contribution in [3.8, 4) is 0 Å². The summed E-state index contributed by atoms with van der Waals surface area (Å²) in [6.07, 6.45) is 1.05. The quantitative estimate of drug-likeness (QED) is 0.747. The van der Waals surface area contributed by atoms with E-state index in [9.17, 15) is 4.79 Å². The molecule has 1 rings (SSSR count). The van der Waals surface area contributed by atoms with Crippen molar-refractivity contribution in [3.05, 3.63) is 0 Å². The van der Waals surface area contributed by atoms with Crippen LogP contribution in [0, 0.1) is 16.7 Å². The molecule has 0 heterocycles. The highest BCUT2D eigenvalue weighted by Crippen LogP contribution is 2.62. The van der Waals surface area contributed by atoms with Crippen molar-refractivity contribution >= 4 is 5.91 Å². The standard InChI is InChI=1S/C14H28N2O/c1-10(2)7-8-15-11(17)9-16-12-13(3,4)14(12,5)6/h10,12,16H,7-9H2,1-6H3,(H,15,17). The predicted molar refractivity (Wildman–Crippen MR) is 71.8 cm³/mol. The molecule has 1 fully saturated rings. The smallest absolute Gasteiger partial charge is 0.233 e. The lowest BCUT2D eigenvalue weighted by atomic mass is 10.0. The van der Waals surface area contributed by atoms with Crippen molar-refractivity contribution in [2.75, 3.05) is 13.1 Å². The van der Waals surface area contributed by atoms with Crippen molar-refractivity contribution in [1.29, 1.82) is 0 Å². The van der Waals surface area contributed by atoms with Gasteiger partial charge in [-0.25, -0.2) is 0 Å². The third-order valence-corrected chi connectivity index (χ3v) is 4.53. The number of carbonyl (C=O) groups excluding carboxylic acids is 1. The second-order valence-corrected chi connectivity index (χ2v) is 6.79. The average Bonchev–Trinajstić information content (AvgIpc) is 2.54. The molecule has 1 aliphatic rings. The van der Waals surface area contributed by atoms with Crippen LogP contribution in [0.4, 0.5) is 0 Å². The Morgan fingerprint density at radius 1 is 1.18 bits per heavy atom. The molecule has 17 heavy (non-hydrogen) atoms. The molecule has 1 aliphatic carbocycles. The van der Waals surface area contributed by atoms with Gasteiger partial charge in [0, 0.05) is 12.6 Å². The lowest BCUT2D eigenvalue weighted by Crippen LogP contribution is -2.37. The fraction of sp³-hybridized carbons (Fsp3) is 0.929. The molecule has 0 aromatic heterocycles. The van der Waals surface area contributed by atoms with E-state index in [4.69, 9.17) is 0 Å². The molecule has 3 heteroatoms. The maximum absolute atomic E-state index is 11.6. The minimum atomic E-state index is 0.115.